The highest BCUT2D eigenvalue weighted by Gasteiger charge is 2.20. The van der Waals surface area contributed by atoms with Crippen LogP contribution in [0.5, 0.6) is 0 Å². The number of carbonyl (C=O) groups is 1. The normalized spacial score (nSPS) is 14.4. The number of nitrogens with zero attached hydrogens (tertiary/aromatic N) is 4. The summed E-state index contributed by atoms with van der Waals surface area (Å²) < 4.78 is 0. The number of thiazole rings is 1. The van der Waals surface area contributed by atoms with Gasteiger partial charge in [-0.1, -0.05) is 12.1 Å². The Morgan fingerprint density at radius 3 is 2.47 bits per heavy atom. The van der Waals surface area contributed by atoms with Crippen molar-refractivity contribution in [2.75, 3.05) is 42.9 Å². The molecule has 0 radical (unpaired) electrons. The van der Waals surface area contributed by atoms with E-state index in [1.807, 2.05) is 11.4 Å². The molecule has 0 bridgehead atoms. The van der Waals surface area contributed by atoms with Crippen molar-refractivity contribution in [1.29, 1.82) is 0 Å². The maximum absolute atomic E-state index is 12.5. The molecule has 2 aromatic carbocycles. The van der Waals surface area contributed by atoms with Crippen LogP contribution in [0.3, 0.4) is 0 Å². The maximum atomic E-state index is 12.5. The minimum absolute atomic E-state index is 0.0743. The van der Waals surface area contributed by atoms with E-state index in [1.165, 1.54) is 34.6 Å². The smallest absolute Gasteiger partial charge is 0.269 e. The van der Waals surface area contributed by atoms with Gasteiger partial charge in [0.25, 0.3) is 5.69 Å². The Balaban J connectivity index is 1.28. The Kier molecular flexibility index (Phi) is 6.48. The van der Waals surface area contributed by atoms with Gasteiger partial charge in [0.05, 0.1) is 17.2 Å². The topological polar surface area (TPSA) is 91.6 Å². The van der Waals surface area contributed by atoms with E-state index in [-0.39, 0.29) is 11.6 Å². The summed E-state index contributed by atoms with van der Waals surface area (Å²) in [5.41, 5.74) is 5.42. The van der Waals surface area contributed by atoms with Gasteiger partial charge in [-0.05, 0) is 43.2 Å². The number of aromatic nitrogens is 1. The first-order valence-corrected chi connectivity index (χ1v) is 11.3. The van der Waals surface area contributed by atoms with Gasteiger partial charge in [-0.2, -0.15) is 0 Å². The SMILES string of the molecule is Cc1ccc(-c2csc(NC(=O)CN3CCN(c4ccc([N+](=O)[O-])cc4)CC3)n2)cc1C. The highest BCUT2D eigenvalue weighted by Crippen LogP contribution is 2.26. The van der Waals surface area contributed by atoms with E-state index >= 15 is 0 Å². The Morgan fingerprint density at radius 2 is 1.81 bits per heavy atom. The number of nitrogens with one attached hydrogen (secondary N) is 1. The molecule has 1 aromatic heterocycles. The minimum Gasteiger partial charge on any atom is -0.369 e. The van der Waals surface area contributed by atoms with E-state index in [0.29, 0.717) is 11.7 Å². The van der Waals surface area contributed by atoms with Gasteiger partial charge >= 0.3 is 0 Å². The molecule has 0 spiro atoms. The lowest BCUT2D eigenvalue weighted by atomic mass is 10.1. The van der Waals surface area contributed by atoms with E-state index in [0.717, 1.165) is 43.1 Å². The number of non-ortho nitro benzene ring substituents is 1. The van der Waals surface area contributed by atoms with Crippen molar-refractivity contribution in [3.05, 3.63) is 69.1 Å². The first kappa shape index (κ1) is 21.9. The van der Waals surface area contributed by atoms with Crippen LogP contribution in [0.25, 0.3) is 11.3 Å². The predicted octanol–water partition coefficient (Wildman–Crippen LogP) is 4.10. The van der Waals surface area contributed by atoms with Crippen LogP contribution in [0, 0.1) is 24.0 Å². The molecule has 3 aromatic rings. The Morgan fingerprint density at radius 1 is 1.09 bits per heavy atom. The van der Waals surface area contributed by atoms with Gasteiger partial charge in [0.1, 0.15) is 0 Å². The van der Waals surface area contributed by atoms with Crippen LogP contribution in [0.15, 0.2) is 47.8 Å². The third kappa shape index (κ3) is 5.12. The van der Waals surface area contributed by atoms with E-state index < -0.39 is 4.92 Å². The van der Waals surface area contributed by atoms with Crippen LogP contribution in [0.2, 0.25) is 0 Å². The lowest BCUT2D eigenvalue weighted by Crippen LogP contribution is -2.48. The van der Waals surface area contributed by atoms with E-state index in [9.17, 15) is 14.9 Å². The average molecular weight is 452 g/mol. The van der Waals surface area contributed by atoms with E-state index in [4.69, 9.17) is 0 Å². The molecule has 0 saturated carbocycles. The molecule has 1 aliphatic rings. The molecule has 1 fully saturated rings. The molecule has 4 rings (SSSR count). The maximum Gasteiger partial charge on any atom is 0.269 e. The number of piperazine rings is 1. The predicted molar refractivity (Wildman–Crippen MR) is 127 cm³/mol. The van der Waals surface area contributed by atoms with Gasteiger partial charge < -0.3 is 10.2 Å². The van der Waals surface area contributed by atoms with Gasteiger partial charge in [-0.3, -0.25) is 19.8 Å². The molecule has 1 N–H and O–H groups in total. The Bertz CT molecular complexity index is 1120. The van der Waals surface area contributed by atoms with Crippen molar-refractivity contribution in [1.82, 2.24) is 9.88 Å². The van der Waals surface area contributed by atoms with Crippen LogP contribution in [0.4, 0.5) is 16.5 Å². The number of carbonyl (C=O) groups excluding carboxylic acids is 1. The molecule has 1 saturated heterocycles. The fraction of sp³-hybridized carbons (Fsp3) is 0.304. The molecule has 1 amide bonds. The summed E-state index contributed by atoms with van der Waals surface area (Å²) in [6, 6.07) is 12.8. The monoisotopic (exact) mass is 451 g/mol. The summed E-state index contributed by atoms with van der Waals surface area (Å²) in [7, 11) is 0. The molecular weight excluding hydrogens is 426 g/mol. The van der Waals surface area contributed by atoms with Crippen molar-refractivity contribution in [3.8, 4) is 11.3 Å². The number of amides is 1. The van der Waals surface area contributed by atoms with Crippen molar-refractivity contribution < 1.29 is 9.72 Å². The number of aryl methyl sites for hydroxylation is 2. The Labute approximate surface area is 190 Å². The standard InChI is InChI=1S/C23H25N5O3S/c1-16-3-4-18(13-17(16)2)21-15-32-23(24-21)25-22(29)14-26-9-11-27(12-10-26)19-5-7-20(8-6-19)28(30)31/h3-8,13,15H,9-12,14H2,1-2H3,(H,24,25,29). The van der Waals surface area contributed by atoms with Gasteiger partial charge in [0.2, 0.25) is 5.91 Å². The van der Waals surface area contributed by atoms with Gasteiger partial charge in [-0.15, -0.1) is 11.3 Å². The van der Waals surface area contributed by atoms with Gasteiger partial charge in [0, 0.05) is 54.9 Å². The van der Waals surface area contributed by atoms with Crippen LogP contribution >= 0.6 is 11.3 Å². The second kappa shape index (κ2) is 9.46. The molecule has 1 aliphatic heterocycles. The van der Waals surface area contributed by atoms with Gasteiger partial charge in [-0.25, -0.2) is 4.98 Å². The Hall–Kier alpha value is -3.30. The number of benzene rings is 2. The zero-order valence-electron chi connectivity index (χ0n) is 18.1. The van der Waals surface area contributed by atoms with Crippen LogP contribution < -0.4 is 10.2 Å². The molecule has 0 aliphatic carbocycles. The lowest BCUT2D eigenvalue weighted by molar-refractivity contribution is -0.384. The quantitative estimate of drug-likeness (QED) is 0.448. The van der Waals surface area contributed by atoms with Crippen molar-refractivity contribution in [3.63, 3.8) is 0 Å². The number of rotatable bonds is 6. The van der Waals surface area contributed by atoms with Crippen LogP contribution in [-0.4, -0.2) is 53.4 Å². The second-order valence-corrected chi connectivity index (χ2v) is 8.78. The molecule has 166 valence electrons. The average Bonchev–Trinajstić information content (AvgIpc) is 3.24. The molecule has 32 heavy (non-hydrogen) atoms. The molecule has 0 unspecified atom stereocenters. The molecule has 8 nitrogen and oxygen atoms in total. The largest absolute Gasteiger partial charge is 0.369 e. The summed E-state index contributed by atoms with van der Waals surface area (Å²) in [4.78, 5) is 31.8. The number of hydrogen-bond acceptors (Lipinski definition) is 7. The number of anilines is 2. The summed E-state index contributed by atoms with van der Waals surface area (Å²) >= 11 is 1.43. The molecule has 0 atom stereocenters. The lowest BCUT2D eigenvalue weighted by Gasteiger charge is -2.35. The third-order valence-electron chi connectivity index (χ3n) is 5.72. The molecular formula is C23H25N5O3S. The summed E-state index contributed by atoms with van der Waals surface area (Å²) in [6.07, 6.45) is 0. The van der Waals surface area contributed by atoms with E-state index in [2.05, 4.69) is 46.1 Å². The third-order valence-corrected chi connectivity index (χ3v) is 6.48. The first-order chi connectivity index (χ1) is 15.4. The highest BCUT2D eigenvalue weighted by molar-refractivity contribution is 7.14. The fourth-order valence-electron chi connectivity index (χ4n) is 3.68. The molecule has 2 heterocycles. The zero-order valence-corrected chi connectivity index (χ0v) is 18.9. The number of nitro groups is 1. The zero-order chi connectivity index (χ0) is 22.7. The summed E-state index contributed by atoms with van der Waals surface area (Å²) in [5, 5.41) is 16.3. The van der Waals surface area contributed by atoms with E-state index in [1.54, 1.807) is 12.1 Å². The van der Waals surface area contributed by atoms with Crippen molar-refractivity contribution >= 4 is 33.8 Å². The first-order valence-electron chi connectivity index (χ1n) is 10.4. The highest BCUT2D eigenvalue weighted by atomic mass is 32.1. The van der Waals surface area contributed by atoms with Crippen LogP contribution in [0.1, 0.15) is 11.1 Å². The number of nitro benzene ring substituents is 1. The summed E-state index contributed by atoms with van der Waals surface area (Å²) in [5.74, 6) is -0.0743. The van der Waals surface area contributed by atoms with Crippen molar-refractivity contribution in [2.24, 2.45) is 0 Å². The number of hydrogen-bond donors (Lipinski definition) is 1. The summed E-state index contributed by atoms with van der Waals surface area (Å²) in [6.45, 7) is 7.49. The minimum atomic E-state index is -0.395. The van der Waals surface area contributed by atoms with Crippen molar-refractivity contribution in [2.45, 2.75) is 13.8 Å². The fourth-order valence-corrected chi connectivity index (χ4v) is 4.41. The molecule has 9 heteroatoms. The van der Waals surface area contributed by atoms with Crippen LogP contribution in [-0.2, 0) is 4.79 Å². The second-order valence-electron chi connectivity index (χ2n) is 7.92. The van der Waals surface area contributed by atoms with Gasteiger partial charge in [0.15, 0.2) is 5.13 Å².